The van der Waals surface area contributed by atoms with Crippen LogP contribution < -0.4 is 11.1 Å². The zero-order valence-corrected chi connectivity index (χ0v) is 10.4. The van der Waals surface area contributed by atoms with Crippen molar-refractivity contribution in [1.82, 2.24) is 14.9 Å². The van der Waals surface area contributed by atoms with Crippen LogP contribution in [0.4, 0.5) is 0 Å². The molecule has 3 unspecified atom stereocenters. The molecule has 5 heteroatoms. The minimum Gasteiger partial charge on any atom is -0.368 e. The third kappa shape index (κ3) is 2.49. The average Bonchev–Trinajstić information content (AvgIpc) is 2.76. The van der Waals surface area contributed by atoms with Gasteiger partial charge in [-0.1, -0.05) is 0 Å². The number of nitrogens with zero attached hydrogens (tertiary/aromatic N) is 2. The van der Waals surface area contributed by atoms with Crippen molar-refractivity contribution in [3.8, 4) is 0 Å². The number of carbonyl (C=O) groups excluding carboxylic acids is 1. The minimum absolute atomic E-state index is 0.281. The van der Waals surface area contributed by atoms with Crippen molar-refractivity contribution < 1.29 is 4.79 Å². The van der Waals surface area contributed by atoms with E-state index in [4.69, 9.17) is 5.73 Å². The predicted octanol–water partition coefficient (Wildman–Crippen LogP) is 1.13. The van der Waals surface area contributed by atoms with E-state index in [0.29, 0.717) is 6.04 Å². The van der Waals surface area contributed by atoms with Gasteiger partial charge in [0.15, 0.2) is 0 Å². The molecule has 0 aromatic carbocycles. The van der Waals surface area contributed by atoms with E-state index in [-0.39, 0.29) is 18.0 Å². The van der Waals surface area contributed by atoms with Crippen LogP contribution in [0.2, 0.25) is 0 Å². The summed E-state index contributed by atoms with van der Waals surface area (Å²) in [5, 5.41) is 3.54. The molecule has 0 bridgehead atoms. The Kier molecular flexibility index (Phi) is 3.47. The number of nitrogens with two attached hydrogens (primary N) is 1. The highest BCUT2D eigenvalue weighted by Gasteiger charge is 2.24. The normalized spacial score (nSPS) is 26.7. The Morgan fingerprint density at radius 1 is 1.65 bits per heavy atom. The molecule has 3 atom stereocenters. The van der Waals surface area contributed by atoms with Crippen molar-refractivity contribution in [3.05, 3.63) is 18.2 Å². The van der Waals surface area contributed by atoms with Crippen molar-refractivity contribution in [2.45, 2.75) is 51.2 Å². The fourth-order valence-corrected chi connectivity index (χ4v) is 2.42. The summed E-state index contributed by atoms with van der Waals surface area (Å²) in [6.07, 6.45) is 7.01. The summed E-state index contributed by atoms with van der Waals surface area (Å²) in [5.41, 5.74) is 6.40. The number of hydrogen-bond acceptors (Lipinski definition) is 3. The van der Waals surface area contributed by atoms with Gasteiger partial charge in [0.05, 0.1) is 12.0 Å². The van der Waals surface area contributed by atoms with Crippen LogP contribution >= 0.6 is 0 Å². The average molecular weight is 236 g/mol. The smallest absolute Gasteiger partial charge is 0.240 e. The summed E-state index contributed by atoms with van der Waals surface area (Å²) in [4.78, 5) is 15.4. The maximum Gasteiger partial charge on any atom is 0.240 e. The number of nitrogens with one attached hydrogen (secondary N) is 1. The van der Waals surface area contributed by atoms with Gasteiger partial charge in [0, 0.05) is 18.3 Å². The number of carbonyl (C=O) groups is 1. The molecule has 1 fully saturated rings. The molecule has 17 heavy (non-hydrogen) atoms. The van der Waals surface area contributed by atoms with Crippen LogP contribution in [0.1, 0.15) is 50.9 Å². The van der Waals surface area contributed by atoms with Crippen molar-refractivity contribution in [2.24, 2.45) is 5.73 Å². The SMILES string of the molecule is CC1CCCC(c2cncn2C(C)C(N)=O)N1. The first-order valence-corrected chi connectivity index (χ1v) is 6.16. The van der Waals surface area contributed by atoms with Crippen LogP contribution in [0, 0.1) is 0 Å². The molecule has 0 spiro atoms. The summed E-state index contributed by atoms with van der Waals surface area (Å²) in [7, 11) is 0. The lowest BCUT2D eigenvalue weighted by molar-refractivity contribution is -0.120. The largest absolute Gasteiger partial charge is 0.368 e. The lowest BCUT2D eigenvalue weighted by Crippen LogP contribution is -2.36. The Morgan fingerprint density at radius 3 is 3.06 bits per heavy atom. The number of piperidine rings is 1. The Balaban J connectivity index is 2.21. The first-order valence-electron chi connectivity index (χ1n) is 6.16. The highest BCUT2D eigenvalue weighted by atomic mass is 16.1. The lowest BCUT2D eigenvalue weighted by atomic mass is 9.97. The molecule has 0 radical (unpaired) electrons. The molecular weight excluding hydrogens is 216 g/mol. The second kappa shape index (κ2) is 4.87. The zero-order chi connectivity index (χ0) is 12.4. The molecule has 3 N–H and O–H groups in total. The van der Waals surface area contributed by atoms with Gasteiger partial charge in [0.1, 0.15) is 6.04 Å². The van der Waals surface area contributed by atoms with E-state index in [1.807, 2.05) is 10.8 Å². The third-order valence-electron chi connectivity index (χ3n) is 3.50. The number of amides is 1. The van der Waals surface area contributed by atoms with E-state index in [0.717, 1.165) is 12.1 Å². The molecule has 5 nitrogen and oxygen atoms in total. The number of rotatable bonds is 3. The van der Waals surface area contributed by atoms with Gasteiger partial charge in [-0.3, -0.25) is 4.79 Å². The quantitative estimate of drug-likeness (QED) is 0.826. The van der Waals surface area contributed by atoms with Crippen molar-refractivity contribution in [2.75, 3.05) is 0 Å². The standard InChI is InChI=1S/C12H20N4O/c1-8-4-3-5-10(15-8)11-6-14-7-16(11)9(2)12(13)17/h6-10,15H,3-5H2,1-2H3,(H2,13,17). The lowest BCUT2D eigenvalue weighted by Gasteiger charge is -2.30. The second-order valence-electron chi connectivity index (χ2n) is 4.86. The fraction of sp³-hybridized carbons (Fsp3) is 0.667. The molecule has 1 aliphatic heterocycles. The van der Waals surface area contributed by atoms with E-state index in [1.54, 1.807) is 13.3 Å². The van der Waals surface area contributed by atoms with Gasteiger partial charge in [-0.2, -0.15) is 0 Å². The molecule has 1 amide bonds. The van der Waals surface area contributed by atoms with Crippen LogP contribution in [0.25, 0.3) is 0 Å². The van der Waals surface area contributed by atoms with E-state index in [1.165, 1.54) is 12.8 Å². The van der Waals surface area contributed by atoms with Gasteiger partial charge in [0.25, 0.3) is 0 Å². The first kappa shape index (κ1) is 12.1. The predicted molar refractivity (Wildman–Crippen MR) is 65.3 cm³/mol. The maximum atomic E-state index is 11.3. The molecule has 1 aliphatic rings. The van der Waals surface area contributed by atoms with Gasteiger partial charge in [0.2, 0.25) is 5.91 Å². The number of primary amides is 1. The highest BCUT2D eigenvalue weighted by molar-refractivity contribution is 5.78. The number of aromatic nitrogens is 2. The molecule has 1 aromatic heterocycles. The van der Waals surface area contributed by atoms with Gasteiger partial charge in [-0.25, -0.2) is 4.98 Å². The summed E-state index contributed by atoms with van der Waals surface area (Å²) < 4.78 is 1.87. The summed E-state index contributed by atoms with van der Waals surface area (Å²) >= 11 is 0. The Hall–Kier alpha value is -1.36. The van der Waals surface area contributed by atoms with Crippen LogP contribution in [0.3, 0.4) is 0 Å². The molecule has 94 valence electrons. The summed E-state index contributed by atoms with van der Waals surface area (Å²) in [6.45, 7) is 3.99. The fourth-order valence-electron chi connectivity index (χ4n) is 2.42. The Labute approximate surface area is 101 Å². The van der Waals surface area contributed by atoms with Gasteiger partial charge in [-0.15, -0.1) is 0 Å². The van der Waals surface area contributed by atoms with Crippen molar-refractivity contribution in [3.63, 3.8) is 0 Å². The van der Waals surface area contributed by atoms with Crippen LogP contribution in [-0.2, 0) is 4.79 Å². The van der Waals surface area contributed by atoms with E-state index in [2.05, 4.69) is 17.2 Å². The Morgan fingerprint density at radius 2 is 2.41 bits per heavy atom. The maximum absolute atomic E-state index is 11.3. The number of hydrogen-bond donors (Lipinski definition) is 2. The molecular formula is C12H20N4O. The topological polar surface area (TPSA) is 72.9 Å². The van der Waals surface area contributed by atoms with E-state index < -0.39 is 0 Å². The monoisotopic (exact) mass is 236 g/mol. The molecule has 2 rings (SSSR count). The van der Waals surface area contributed by atoms with Gasteiger partial charge < -0.3 is 15.6 Å². The van der Waals surface area contributed by atoms with Crippen LogP contribution in [-0.4, -0.2) is 21.5 Å². The second-order valence-corrected chi connectivity index (χ2v) is 4.86. The van der Waals surface area contributed by atoms with Crippen molar-refractivity contribution in [1.29, 1.82) is 0 Å². The first-order chi connectivity index (χ1) is 8.09. The molecule has 1 saturated heterocycles. The van der Waals surface area contributed by atoms with Crippen molar-refractivity contribution >= 4 is 5.91 Å². The molecule has 0 saturated carbocycles. The van der Waals surface area contributed by atoms with E-state index in [9.17, 15) is 4.79 Å². The highest BCUT2D eigenvalue weighted by Crippen LogP contribution is 2.26. The van der Waals surface area contributed by atoms with Crippen LogP contribution in [0.5, 0.6) is 0 Å². The zero-order valence-electron chi connectivity index (χ0n) is 10.4. The summed E-state index contributed by atoms with van der Waals surface area (Å²) in [6, 6.07) is 0.454. The molecule has 1 aromatic rings. The van der Waals surface area contributed by atoms with E-state index >= 15 is 0 Å². The van der Waals surface area contributed by atoms with Gasteiger partial charge >= 0.3 is 0 Å². The third-order valence-corrected chi connectivity index (χ3v) is 3.50. The minimum atomic E-state index is -0.341. The number of imidazole rings is 1. The van der Waals surface area contributed by atoms with Crippen LogP contribution in [0.15, 0.2) is 12.5 Å². The summed E-state index contributed by atoms with van der Waals surface area (Å²) in [5.74, 6) is -0.326. The Bertz CT molecular complexity index is 401. The molecule has 2 heterocycles. The van der Waals surface area contributed by atoms with Gasteiger partial charge in [-0.05, 0) is 33.1 Å². The molecule has 0 aliphatic carbocycles.